The van der Waals surface area contributed by atoms with Gasteiger partial charge in [-0.2, -0.15) is 4.40 Å². The number of hydrogen-bond donors (Lipinski definition) is 0. The van der Waals surface area contributed by atoms with Crippen LogP contribution in [-0.2, 0) is 7.05 Å². The molecule has 0 amide bonds. The molecule has 2 aromatic heterocycles. The molecule has 0 spiro atoms. The maximum atomic E-state index is 2.10. The monoisotopic (exact) mass is 139 g/mol. The van der Waals surface area contributed by atoms with Crippen LogP contribution in [0.25, 0.3) is 4.83 Å². The Labute approximate surface area is 57.0 Å². The van der Waals surface area contributed by atoms with Crippen LogP contribution in [0.3, 0.4) is 0 Å². The van der Waals surface area contributed by atoms with Crippen LogP contribution in [0.5, 0.6) is 0 Å². The third kappa shape index (κ3) is 0.650. The molecule has 46 valence electrons. The first-order valence-corrected chi connectivity index (χ1v) is 3.65. The second kappa shape index (κ2) is 1.57. The van der Waals surface area contributed by atoms with E-state index in [1.54, 1.807) is 11.3 Å². The first-order chi connectivity index (χ1) is 4.36. The van der Waals surface area contributed by atoms with Crippen LogP contribution in [0.1, 0.15) is 0 Å². The molecule has 0 aliphatic rings. The Hall–Kier alpha value is -0.830. The van der Waals surface area contributed by atoms with Crippen molar-refractivity contribution in [3.63, 3.8) is 0 Å². The van der Waals surface area contributed by atoms with Gasteiger partial charge in [0.15, 0.2) is 0 Å². The van der Waals surface area contributed by atoms with Crippen molar-refractivity contribution in [2.24, 2.45) is 7.05 Å². The molecular weight excluding hydrogens is 132 g/mol. The summed E-state index contributed by atoms with van der Waals surface area (Å²) in [5.74, 6) is 0. The van der Waals surface area contributed by atoms with E-state index in [-0.39, 0.29) is 0 Å². The minimum absolute atomic E-state index is 1.29. The molecule has 0 atom stereocenters. The van der Waals surface area contributed by atoms with E-state index < -0.39 is 0 Å². The molecule has 0 saturated heterocycles. The van der Waals surface area contributed by atoms with Crippen LogP contribution < -0.4 is 4.57 Å². The van der Waals surface area contributed by atoms with E-state index in [2.05, 4.69) is 22.2 Å². The molecule has 0 fully saturated rings. The van der Waals surface area contributed by atoms with Crippen molar-refractivity contribution in [3.8, 4) is 0 Å². The number of nitrogens with zero attached hydrogens (tertiary/aromatic N) is 2. The van der Waals surface area contributed by atoms with Gasteiger partial charge >= 0.3 is 0 Å². The third-order valence-corrected chi connectivity index (χ3v) is 2.10. The predicted molar refractivity (Wildman–Crippen MR) is 36.5 cm³/mol. The van der Waals surface area contributed by atoms with Crippen molar-refractivity contribution < 1.29 is 4.57 Å². The Morgan fingerprint density at radius 1 is 1.67 bits per heavy atom. The normalized spacial score (nSPS) is 10.8. The fraction of sp³-hybridized carbons (Fsp3) is 0.167. The highest BCUT2D eigenvalue weighted by Gasteiger charge is 2.01. The summed E-state index contributed by atoms with van der Waals surface area (Å²) in [7, 11) is 2.03. The minimum atomic E-state index is 1.29. The summed E-state index contributed by atoms with van der Waals surface area (Å²) < 4.78 is 4.15. The van der Waals surface area contributed by atoms with Crippen molar-refractivity contribution >= 4 is 16.2 Å². The number of rotatable bonds is 0. The second-order valence-electron chi connectivity index (χ2n) is 2.06. The van der Waals surface area contributed by atoms with Crippen LogP contribution in [0, 0.1) is 0 Å². The number of aromatic nitrogens is 2. The fourth-order valence-corrected chi connectivity index (χ4v) is 1.68. The Morgan fingerprint density at radius 3 is 3.33 bits per heavy atom. The van der Waals surface area contributed by atoms with Crippen LogP contribution >= 0.6 is 11.3 Å². The summed E-state index contributed by atoms with van der Waals surface area (Å²) in [5.41, 5.74) is 0. The lowest BCUT2D eigenvalue weighted by Crippen LogP contribution is -2.23. The Kier molecular flexibility index (Phi) is 0.873. The first-order valence-electron chi connectivity index (χ1n) is 2.77. The molecule has 0 N–H and O–H groups in total. The molecule has 0 aliphatic carbocycles. The molecule has 2 heterocycles. The molecule has 2 aromatic rings. The standard InChI is InChI=1S/C6H7N2S/c1-7-4-6-8(5-7)2-3-9-6/h2-5H,1H3/q+1. The third-order valence-electron chi connectivity index (χ3n) is 1.29. The van der Waals surface area contributed by atoms with Gasteiger partial charge in [-0.05, 0) is 0 Å². The Morgan fingerprint density at radius 2 is 2.56 bits per heavy atom. The lowest BCUT2D eigenvalue weighted by atomic mass is 10.9. The molecule has 9 heavy (non-hydrogen) atoms. The average Bonchev–Trinajstić information content (AvgIpc) is 2.22. The van der Waals surface area contributed by atoms with E-state index >= 15 is 0 Å². The summed E-state index contributed by atoms with van der Waals surface area (Å²) in [4.78, 5) is 1.29. The molecule has 0 radical (unpaired) electrons. The predicted octanol–water partition coefficient (Wildman–Crippen LogP) is 0.825. The van der Waals surface area contributed by atoms with Gasteiger partial charge in [0.25, 0.3) is 0 Å². The molecule has 0 unspecified atom stereocenters. The smallest absolute Gasteiger partial charge is 0.238 e. The zero-order valence-electron chi connectivity index (χ0n) is 5.11. The van der Waals surface area contributed by atoms with Gasteiger partial charge < -0.3 is 0 Å². The summed E-state index contributed by atoms with van der Waals surface area (Å²) in [5, 5.41) is 2.08. The lowest BCUT2D eigenvalue weighted by molar-refractivity contribution is -0.669. The summed E-state index contributed by atoms with van der Waals surface area (Å²) in [6, 6.07) is 0. The van der Waals surface area contributed by atoms with Crippen molar-refractivity contribution in [2.45, 2.75) is 0 Å². The molecule has 2 rings (SSSR count). The maximum Gasteiger partial charge on any atom is 0.249 e. The van der Waals surface area contributed by atoms with E-state index in [1.807, 2.05) is 17.9 Å². The largest absolute Gasteiger partial charge is 0.249 e. The summed E-state index contributed by atoms with van der Waals surface area (Å²) >= 11 is 1.75. The molecule has 3 heteroatoms. The van der Waals surface area contributed by atoms with Gasteiger partial charge in [-0.15, -0.1) is 0 Å². The van der Waals surface area contributed by atoms with Crippen LogP contribution in [0.4, 0.5) is 0 Å². The number of fused-ring (bicyclic) bond motifs is 1. The first kappa shape index (κ1) is 4.99. The quantitative estimate of drug-likeness (QED) is 0.478. The number of imidazole rings is 1. The summed E-state index contributed by atoms with van der Waals surface area (Å²) in [6.45, 7) is 0. The minimum Gasteiger partial charge on any atom is -0.238 e. The molecule has 0 aromatic carbocycles. The number of thiazole rings is 1. The van der Waals surface area contributed by atoms with E-state index in [0.717, 1.165) is 0 Å². The van der Waals surface area contributed by atoms with Gasteiger partial charge in [0.2, 0.25) is 11.2 Å². The SMILES string of the molecule is C[n+]1cc2sccn2c1. The molecule has 0 saturated carbocycles. The zero-order valence-corrected chi connectivity index (χ0v) is 5.93. The van der Waals surface area contributed by atoms with E-state index in [4.69, 9.17) is 0 Å². The van der Waals surface area contributed by atoms with Crippen molar-refractivity contribution in [1.29, 1.82) is 0 Å². The number of aryl methyl sites for hydroxylation is 1. The highest BCUT2D eigenvalue weighted by atomic mass is 32.1. The molecule has 0 aliphatic heterocycles. The highest BCUT2D eigenvalue weighted by Crippen LogP contribution is 2.07. The van der Waals surface area contributed by atoms with Gasteiger partial charge in [-0.3, -0.25) is 0 Å². The average molecular weight is 139 g/mol. The number of hydrogen-bond acceptors (Lipinski definition) is 1. The van der Waals surface area contributed by atoms with E-state index in [1.165, 1.54) is 4.83 Å². The molecular formula is C6H7N2S+. The molecule has 2 nitrogen and oxygen atoms in total. The van der Waals surface area contributed by atoms with Crippen LogP contribution in [0.15, 0.2) is 24.1 Å². The van der Waals surface area contributed by atoms with Crippen molar-refractivity contribution in [3.05, 3.63) is 24.1 Å². The topological polar surface area (TPSA) is 8.29 Å². The highest BCUT2D eigenvalue weighted by molar-refractivity contribution is 7.15. The van der Waals surface area contributed by atoms with Crippen molar-refractivity contribution in [1.82, 2.24) is 4.40 Å². The second-order valence-corrected chi connectivity index (χ2v) is 2.98. The summed E-state index contributed by atoms with van der Waals surface area (Å²) in [6.07, 6.45) is 6.20. The van der Waals surface area contributed by atoms with Gasteiger partial charge in [-0.1, -0.05) is 11.3 Å². The molecule has 0 bridgehead atoms. The fourth-order valence-electron chi connectivity index (χ4n) is 0.896. The van der Waals surface area contributed by atoms with Gasteiger partial charge in [-0.25, -0.2) is 4.57 Å². The lowest BCUT2D eigenvalue weighted by Gasteiger charge is -1.69. The van der Waals surface area contributed by atoms with Crippen LogP contribution in [0.2, 0.25) is 0 Å². The Balaban J connectivity index is 2.92. The maximum absolute atomic E-state index is 2.10. The van der Waals surface area contributed by atoms with Gasteiger partial charge in [0, 0.05) is 5.38 Å². The van der Waals surface area contributed by atoms with Crippen LogP contribution in [-0.4, -0.2) is 4.40 Å². The van der Waals surface area contributed by atoms with E-state index in [9.17, 15) is 0 Å². The van der Waals surface area contributed by atoms with E-state index in [0.29, 0.717) is 0 Å². The zero-order chi connectivity index (χ0) is 6.27. The Bertz CT molecular complexity index is 292. The van der Waals surface area contributed by atoms with Crippen molar-refractivity contribution in [2.75, 3.05) is 0 Å². The van der Waals surface area contributed by atoms with Gasteiger partial charge in [0.05, 0.1) is 7.05 Å². The van der Waals surface area contributed by atoms with Gasteiger partial charge in [0.1, 0.15) is 12.4 Å².